The molecular formula is C12H10F3N3O2S. The highest BCUT2D eigenvalue weighted by atomic mass is 32.2. The summed E-state index contributed by atoms with van der Waals surface area (Å²) in [5.74, 6) is 0.234. The van der Waals surface area contributed by atoms with E-state index in [1.165, 1.54) is 0 Å². The lowest BCUT2D eigenvalue weighted by atomic mass is 10.2. The van der Waals surface area contributed by atoms with E-state index in [-0.39, 0.29) is 17.3 Å². The molecule has 1 aromatic heterocycles. The molecule has 0 radical (unpaired) electrons. The van der Waals surface area contributed by atoms with E-state index in [1.54, 1.807) is 0 Å². The van der Waals surface area contributed by atoms with E-state index in [0.29, 0.717) is 6.07 Å². The number of alkyl halides is 3. The smallest absolute Gasteiger partial charge is 0.324 e. The van der Waals surface area contributed by atoms with E-state index in [1.807, 2.05) is 0 Å². The molecule has 2 aromatic rings. The van der Waals surface area contributed by atoms with Gasteiger partial charge in [0.25, 0.3) is 0 Å². The summed E-state index contributed by atoms with van der Waals surface area (Å²) < 4.78 is 62.3. The van der Waals surface area contributed by atoms with Gasteiger partial charge in [0, 0.05) is 12.4 Å². The number of aromatic nitrogens is 2. The maximum atomic E-state index is 12.6. The second-order valence-corrected chi connectivity index (χ2v) is 6.02. The minimum atomic E-state index is -4.62. The molecule has 21 heavy (non-hydrogen) atoms. The number of hydrogen-bond donors (Lipinski definition) is 1. The molecule has 0 saturated carbocycles. The Morgan fingerprint density at radius 3 is 2.24 bits per heavy atom. The van der Waals surface area contributed by atoms with Crippen molar-refractivity contribution in [3.63, 3.8) is 0 Å². The maximum absolute atomic E-state index is 12.6. The third-order valence-corrected chi connectivity index (χ3v) is 4.35. The molecular weight excluding hydrogens is 307 g/mol. The van der Waals surface area contributed by atoms with Crippen LogP contribution in [0.25, 0.3) is 0 Å². The van der Waals surface area contributed by atoms with Crippen molar-refractivity contribution in [3.8, 4) is 0 Å². The SMILES string of the molecule is NCc1ncc(S(=O)(=O)c2cccc(C(F)(F)F)c2)cn1. The third-order valence-electron chi connectivity index (χ3n) is 2.65. The fraction of sp³-hybridized carbons (Fsp3) is 0.167. The van der Waals surface area contributed by atoms with Gasteiger partial charge in [-0.1, -0.05) is 6.07 Å². The van der Waals surface area contributed by atoms with Crippen molar-refractivity contribution in [2.75, 3.05) is 0 Å². The zero-order valence-electron chi connectivity index (χ0n) is 10.5. The average Bonchev–Trinajstić information content (AvgIpc) is 2.46. The lowest BCUT2D eigenvalue weighted by Crippen LogP contribution is -2.09. The first kappa shape index (κ1) is 15.4. The summed E-state index contributed by atoms with van der Waals surface area (Å²) in [6, 6.07) is 3.49. The fourth-order valence-corrected chi connectivity index (χ4v) is 2.76. The van der Waals surface area contributed by atoms with Gasteiger partial charge >= 0.3 is 6.18 Å². The Labute approximate surface area is 118 Å². The molecule has 0 spiro atoms. The van der Waals surface area contributed by atoms with Gasteiger partial charge in [-0.15, -0.1) is 0 Å². The largest absolute Gasteiger partial charge is 0.416 e. The number of hydrogen-bond acceptors (Lipinski definition) is 5. The minimum absolute atomic E-state index is 0.0316. The number of nitrogens with two attached hydrogens (primary N) is 1. The standard InChI is InChI=1S/C12H10F3N3O2S/c13-12(14,15)8-2-1-3-9(4-8)21(19,20)10-6-17-11(5-16)18-7-10/h1-4,6-7H,5,16H2. The van der Waals surface area contributed by atoms with E-state index < -0.39 is 26.5 Å². The molecule has 9 heteroatoms. The van der Waals surface area contributed by atoms with Crippen LogP contribution in [0.4, 0.5) is 13.2 Å². The molecule has 5 nitrogen and oxygen atoms in total. The summed E-state index contributed by atoms with van der Waals surface area (Å²) in [4.78, 5) is 6.68. The lowest BCUT2D eigenvalue weighted by Gasteiger charge is -2.09. The van der Waals surface area contributed by atoms with Gasteiger partial charge in [-0.2, -0.15) is 13.2 Å². The van der Waals surface area contributed by atoms with Crippen molar-refractivity contribution >= 4 is 9.84 Å². The number of rotatable bonds is 3. The second kappa shape index (κ2) is 5.41. The van der Waals surface area contributed by atoms with Crippen molar-refractivity contribution in [2.24, 2.45) is 5.73 Å². The number of halogens is 3. The Kier molecular flexibility index (Phi) is 3.97. The molecule has 0 atom stereocenters. The molecule has 0 aliphatic rings. The molecule has 0 saturated heterocycles. The van der Waals surface area contributed by atoms with Crippen LogP contribution in [-0.4, -0.2) is 18.4 Å². The number of benzene rings is 1. The summed E-state index contributed by atoms with van der Waals surface area (Å²) in [5.41, 5.74) is 4.25. The highest BCUT2D eigenvalue weighted by Crippen LogP contribution is 2.31. The molecule has 0 aliphatic carbocycles. The zero-order chi connectivity index (χ0) is 15.7. The maximum Gasteiger partial charge on any atom is 0.416 e. The summed E-state index contributed by atoms with van der Waals surface area (Å²) in [6.45, 7) is 0.0316. The van der Waals surface area contributed by atoms with Gasteiger partial charge < -0.3 is 5.73 Å². The van der Waals surface area contributed by atoms with E-state index in [9.17, 15) is 21.6 Å². The molecule has 1 heterocycles. The van der Waals surface area contributed by atoms with Crippen molar-refractivity contribution in [1.29, 1.82) is 0 Å². The Bertz CT molecular complexity index is 743. The fourth-order valence-electron chi connectivity index (χ4n) is 1.56. The average molecular weight is 317 g/mol. The van der Waals surface area contributed by atoms with E-state index in [2.05, 4.69) is 9.97 Å². The molecule has 0 fully saturated rings. The van der Waals surface area contributed by atoms with Gasteiger partial charge in [-0.3, -0.25) is 0 Å². The van der Waals surface area contributed by atoms with Crippen molar-refractivity contribution < 1.29 is 21.6 Å². The normalized spacial score (nSPS) is 12.4. The monoisotopic (exact) mass is 317 g/mol. The number of nitrogens with zero attached hydrogens (tertiary/aromatic N) is 2. The highest BCUT2D eigenvalue weighted by Gasteiger charge is 2.32. The zero-order valence-corrected chi connectivity index (χ0v) is 11.3. The quantitative estimate of drug-likeness (QED) is 0.932. The van der Waals surface area contributed by atoms with Crippen LogP contribution in [0.15, 0.2) is 46.5 Å². The first-order valence-corrected chi connectivity index (χ1v) is 7.17. The van der Waals surface area contributed by atoms with Crippen LogP contribution in [0.1, 0.15) is 11.4 Å². The molecule has 0 unspecified atom stereocenters. The highest BCUT2D eigenvalue weighted by molar-refractivity contribution is 7.91. The van der Waals surface area contributed by atoms with Gasteiger partial charge in [0.1, 0.15) is 10.7 Å². The van der Waals surface area contributed by atoms with Crippen LogP contribution in [0.2, 0.25) is 0 Å². The summed E-state index contributed by atoms with van der Waals surface area (Å²) in [5, 5.41) is 0. The van der Waals surface area contributed by atoms with E-state index in [0.717, 1.165) is 30.6 Å². The lowest BCUT2D eigenvalue weighted by molar-refractivity contribution is -0.137. The molecule has 0 aliphatic heterocycles. The molecule has 0 bridgehead atoms. The topological polar surface area (TPSA) is 85.9 Å². The number of sulfone groups is 1. The third kappa shape index (κ3) is 3.19. The van der Waals surface area contributed by atoms with Gasteiger partial charge in [-0.05, 0) is 18.2 Å². The van der Waals surface area contributed by atoms with Gasteiger partial charge in [0.2, 0.25) is 9.84 Å². The first-order chi connectivity index (χ1) is 9.75. The Morgan fingerprint density at radius 2 is 1.71 bits per heavy atom. The van der Waals surface area contributed by atoms with Crippen LogP contribution < -0.4 is 5.73 Å². The molecule has 2 N–H and O–H groups in total. The first-order valence-electron chi connectivity index (χ1n) is 5.68. The molecule has 1 aromatic carbocycles. The van der Waals surface area contributed by atoms with Crippen LogP contribution in [0.3, 0.4) is 0 Å². The predicted molar refractivity (Wildman–Crippen MR) is 66.8 cm³/mol. The Balaban J connectivity index is 2.48. The van der Waals surface area contributed by atoms with Crippen LogP contribution in [-0.2, 0) is 22.6 Å². The summed E-state index contributed by atoms with van der Waals surface area (Å²) in [6.07, 6.45) is -2.58. The van der Waals surface area contributed by atoms with Crippen LogP contribution in [0, 0.1) is 0 Å². The van der Waals surface area contributed by atoms with Crippen LogP contribution in [0.5, 0.6) is 0 Å². The van der Waals surface area contributed by atoms with Crippen molar-refractivity contribution in [2.45, 2.75) is 22.5 Å². The van der Waals surface area contributed by atoms with Gasteiger partial charge in [0.05, 0.1) is 17.0 Å². The molecule has 0 amide bonds. The van der Waals surface area contributed by atoms with Gasteiger partial charge in [0.15, 0.2) is 0 Å². The van der Waals surface area contributed by atoms with Crippen LogP contribution >= 0.6 is 0 Å². The molecule has 2 rings (SSSR count). The van der Waals surface area contributed by atoms with Crippen molar-refractivity contribution in [1.82, 2.24) is 9.97 Å². The minimum Gasteiger partial charge on any atom is -0.324 e. The van der Waals surface area contributed by atoms with Crippen molar-refractivity contribution in [3.05, 3.63) is 48.0 Å². The second-order valence-electron chi connectivity index (χ2n) is 4.07. The van der Waals surface area contributed by atoms with E-state index >= 15 is 0 Å². The van der Waals surface area contributed by atoms with E-state index in [4.69, 9.17) is 5.73 Å². The Morgan fingerprint density at radius 1 is 1.10 bits per heavy atom. The van der Waals surface area contributed by atoms with Gasteiger partial charge in [-0.25, -0.2) is 18.4 Å². The summed E-state index contributed by atoms with van der Waals surface area (Å²) >= 11 is 0. The predicted octanol–water partition coefficient (Wildman–Crippen LogP) is 1.79. The Hall–Kier alpha value is -2.00. The molecule has 112 valence electrons. The summed E-state index contributed by atoms with van der Waals surface area (Å²) in [7, 11) is -4.11.